The first-order valence-corrected chi connectivity index (χ1v) is 16.1. The lowest BCUT2D eigenvalue weighted by molar-refractivity contribution is -0.137. The molecule has 0 amide bonds. The number of hydrogen-bond donors (Lipinski definition) is 2. The second-order valence-electron chi connectivity index (χ2n) is 13.8. The van der Waals surface area contributed by atoms with Crippen LogP contribution in [0.25, 0.3) is 22.2 Å². The lowest BCUT2D eigenvalue weighted by atomic mass is 9.94. The maximum Gasteiger partial charge on any atom is 0.418 e. The summed E-state index contributed by atoms with van der Waals surface area (Å²) in [4.78, 5) is 21.9. The first kappa shape index (κ1) is 32.0. The van der Waals surface area contributed by atoms with E-state index >= 15 is 4.39 Å². The molecule has 254 valence electrons. The molecule has 0 radical (unpaired) electrons. The van der Waals surface area contributed by atoms with E-state index in [1.54, 1.807) is 7.11 Å². The minimum atomic E-state index is -4.85. The number of rotatable bonds is 8. The summed E-state index contributed by atoms with van der Waals surface area (Å²) in [6.07, 6.45) is -2.55. The molecule has 7 rings (SSSR count). The van der Waals surface area contributed by atoms with Gasteiger partial charge < -0.3 is 30.2 Å². The smallest absolute Gasteiger partial charge is 0.418 e. The summed E-state index contributed by atoms with van der Waals surface area (Å²) in [5, 5.41) is 3.72. The Morgan fingerprint density at radius 1 is 1.17 bits per heavy atom. The van der Waals surface area contributed by atoms with E-state index in [0.29, 0.717) is 25.5 Å². The van der Waals surface area contributed by atoms with Crippen LogP contribution in [0.4, 0.5) is 29.2 Å². The fourth-order valence-corrected chi connectivity index (χ4v) is 7.26. The van der Waals surface area contributed by atoms with Crippen LogP contribution in [0.2, 0.25) is 0 Å². The number of ether oxygens (including phenoxy) is 3. The summed E-state index contributed by atoms with van der Waals surface area (Å²) >= 11 is 0. The highest BCUT2D eigenvalue weighted by Gasteiger charge is 2.50. The zero-order valence-electron chi connectivity index (χ0n) is 27.2. The lowest BCUT2D eigenvalue weighted by Crippen LogP contribution is -2.62. The van der Waals surface area contributed by atoms with E-state index in [0.717, 1.165) is 45.0 Å². The molecule has 6 heterocycles. The van der Waals surface area contributed by atoms with Gasteiger partial charge in [0, 0.05) is 56.9 Å². The van der Waals surface area contributed by atoms with Crippen LogP contribution in [-0.2, 0) is 10.9 Å². The molecule has 47 heavy (non-hydrogen) atoms. The molecule has 3 atom stereocenters. The highest BCUT2D eigenvalue weighted by molar-refractivity contribution is 5.97. The molecule has 4 aliphatic rings. The van der Waals surface area contributed by atoms with Crippen molar-refractivity contribution in [1.29, 1.82) is 0 Å². The van der Waals surface area contributed by atoms with Crippen LogP contribution in [-0.4, -0.2) is 95.1 Å². The van der Waals surface area contributed by atoms with Crippen molar-refractivity contribution in [2.75, 3.05) is 57.1 Å². The van der Waals surface area contributed by atoms with Crippen molar-refractivity contribution in [2.24, 2.45) is 5.41 Å². The zero-order chi connectivity index (χ0) is 33.5. The van der Waals surface area contributed by atoms with Crippen LogP contribution in [0.15, 0.2) is 6.07 Å². The molecule has 0 spiro atoms. The Hall–Kier alpha value is -3.56. The fourth-order valence-electron chi connectivity index (χ4n) is 7.26. The Labute approximate surface area is 270 Å². The van der Waals surface area contributed by atoms with Gasteiger partial charge in [-0.2, -0.15) is 23.1 Å². The van der Waals surface area contributed by atoms with E-state index in [4.69, 9.17) is 24.9 Å². The van der Waals surface area contributed by atoms with Crippen molar-refractivity contribution in [2.45, 2.75) is 76.9 Å². The largest absolute Gasteiger partial charge is 0.472 e. The van der Waals surface area contributed by atoms with Crippen molar-refractivity contribution in [3.63, 3.8) is 0 Å². The SMILES string of the molecule is CC[C@@H]1CN2c3nc(OCC4(CN5CC(C)(OC)C5)CC4)nc4c(F)c(-c5cc(N)nc(C)c5C(F)(F)F)nc(c34)O[C@@H](C)[C@@H]2CN1. The summed E-state index contributed by atoms with van der Waals surface area (Å²) in [7, 11) is 1.72. The van der Waals surface area contributed by atoms with Crippen molar-refractivity contribution in [3.8, 4) is 23.1 Å². The van der Waals surface area contributed by atoms with Crippen LogP contribution in [0.5, 0.6) is 11.9 Å². The number of pyridine rings is 2. The van der Waals surface area contributed by atoms with Crippen LogP contribution < -0.4 is 25.4 Å². The van der Waals surface area contributed by atoms with Gasteiger partial charge in [-0.05, 0) is 46.1 Å². The van der Waals surface area contributed by atoms with E-state index in [1.165, 1.54) is 6.92 Å². The number of alkyl halides is 3. The maximum atomic E-state index is 16.8. The average Bonchev–Trinajstić information content (AvgIpc) is 3.79. The molecule has 3 fully saturated rings. The average molecular weight is 661 g/mol. The van der Waals surface area contributed by atoms with E-state index in [-0.39, 0.29) is 51.7 Å². The predicted molar refractivity (Wildman–Crippen MR) is 167 cm³/mol. The second kappa shape index (κ2) is 11.3. The van der Waals surface area contributed by atoms with Crippen LogP contribution >= 0.6 is 0 Å². The summed E-state index contributed by atoms with van der Waals surface area (Å²) < 4.78 is 78.0. The Bertz CT molecular complexity index is 1710. The van der Waals surface area contributed by atoms with Crippen LogP contribution in [0.3, 0.4) is 0 Å². The minimum Gasteiger partial charge on any atom is -0.472 e. The Morgan fingerprint density at radius 3 is 2.57 bits per heavy atom. The molecular weight excluding hydrogens is 620 g/mol. The van der Waals surface area contributed by atoms with Gasteiger partial charge in [0.05, 0.1) is 29.5 Å². The van der Waals surface area contributed by atoms with Crippen molar-refractivity contribution >= 4 is 22.5 Å². The number of aromatic nitrogens is 4. The Morgan fingerprint density at radius 2 is 1.91 bits per heavy atom. The normalized spacial score (nSPS) is 24.7. The number of nitrogen functional groups attached to an aromatic ring is 1. The number of halogens is 4. The van der Waals surface area contributed by atoms with Gasteiger partial charge in [-0.3, -0.25) is 4.90 Å². The first-order valence-electron chi connectivity index (χ1n) is 16.1. The number of nitrogens with zero attached hydrogens (tertiary/aromatic N) is 6. The number of fused-ring (bicyclic) bond motifs is 2. The number of nitrogens with one attached hydrogen (secondary N) is 1. The fraction of sp³-hybridized carbons (Fsp3) is 0.625. The lowest BCUT2D eigenvalue weighted by Gasteiger charge is -2.48. The molecule has 0 bridgehead atoms. The number of hydrogen-bond acceptors (Lipinski definition) is 11. The predicted octanol–water partition coefficient (Wildman–Crippen LogP) is 4.35. The molecule has 3 aliphatic heterocycles. The van der Waals surface area contributed by atoms with E-state index in [2.05, 4.69) is 43.9 Å². The molecule has 3 aromatic heterocycles. The molecule has 1 saturated carbocycles. The standard InChI is InChI=1S/C32H40F4N8O3/c1-6-18-11-44-20(10-38-18)17(3)47-28-22-26(24(33)25(40-28)19-9-21(37)39-16(2)23(19)32(34,35)36)41-29(42-27(22)44)46-15-31(7-8-31)14-43-12-30(4,13-43)45-5/h9,17-18,20,38H,6-8,10-15H2,1-5H3,(H2,37,39)/t17-,18+,20-/m0/s1. The van der Waals surface area contributed by atoms with Gasteiger partial charge in [0.25, 0.3) is 0 Å². The Balaban J connectivity index is 1.34. The molecular formula is C32H40F4N8O3. The molecule has 3 N–H and O–H groups in total. The number of anilines is 2. The highest BCUT2D eigenvalue weighted by Crippen LogP contribution is 2.49. The van der Waals surface area contributed by atoms with Gasteiger partial charge in [-0.15, -0.1) is 0 Å². The Kier molecular flexibility index (Phi) is 7.67. The minimum absolute atomic E-state index is 0.0486. The van der Waals surface area contributed by atoms with Gasteiger partial charge in [-0.25, -0.2) is 14.4 Å². The van der Waals surface area contributed by atoms with Crippen LogP contribution in [0, 0.1) is 18.2 Å². The van der Waals surface area contributed by atoms with E-state index < -0.39 is 40.6 Å². The van der Waals surface area contributed by atoms with Gasteiger partial charge in [0.2, 0.25) is 5.88 Å². The van der Waals surface area contributed by atoms with Gasteiger partial charge in [-0.1, -0.05) is 6.92 Å². The second-order valence-corrected chi connectivity index (χ2v) is 13.8. The quantitative estimate of drug-likeness (QED) is 0.335. The van der Waals surface area contributed by atoms with Crippen molar-refractivity contribution in [3.05, 3.63) is 23.1 Å². The molecule has 3 aromatic rings. The van der Waals surface area contributed by atoms with Gasteiger partial charge in [0.15, 0.2) is 5.82 Å². The van der Waals surface area contributed by atoms with Crippen LogP contribution in [0.1, 0.15) is 51.3 Å². The summed E-state index contributed by atoms with van der Waals surface area (Å²) in [5.74, 6) is -0.912. The van der Waals surface area contributed by atoms with Crippen molar-refractivity contribution in [1.82, 2.24) is 30.2 Å². The number of nitrogens with two attached hydrogens (primary N) is 1. The molecule has 1 aliphatic carbocycles. The van der Waals surface area contributed by atoms with E-state index in [9.17, 15) is 13.2 Å². The third kappa shape index (κ3) is 5.69. The van der Waals surface area contributed by atoms with E-state index in [1.807, 2.05) is 6.92 Å². The molecule has 2 saturated heterocycles. The summed E-state index contributed by atoms with van der Waals surface area (Å²) in [6.45, 7) is 11.1. The number of methoxy groups -OCH3 is 1. The topological polar surface area (TPSA) is 124 Å². The van der Waals surface area contributed by atoms with Crippen molar-refractivity contribution < 1.29 is 31.8 Å². The molecule has 15 heteroatoms. The molecule has 11 nitrogen and oxygen atoms in total. The molecule has 0 unspecified atom stereocenters. The third-order valence-corrected chi connectivity index (χ3v) is 10.1. The van der Waals surface area contributed by atoms with Gasteiger partial charge >= 0.3 is 12.2 Å². The summed E-state index contributed by atoms with van der Waals surface area (Å²) in [6, 6.07) is 0.852. The number of aryl methyl sites for hydroxylation is 1. The summed E-state index contributed by atoms with van der Waals surface area (Å²) in [5.41, 5.74) is 2.77. The maximum absolute atomic E-state index is 16.8. The monoisotopic (exact) mass is 660 g/mol. The number of piperazine rings is 1. The van der Waals surface area contributed by atoms with Gasteiger partial charge in [0.1, 0.15) is 34.3 Å². The zero-order valence-corrected chi connectivity index (χ0v) is 27.2. The first-order chi connectivity index (χ1) is 22.2. The highest BCUT2D eigenvalue weighted by atomic mass is 19.4. The number of likely N-dealkylation sites (tertiary alicyclic amines) is 1. The molecule has 0 aromatic carbocycles. The third-order valence-electron chi connectivity index (χ3n) is 10.1.